The summed E-state index contributed by atoms with van der Waals surface area (Å²) in [5.74, 6) is -3.37. The zero-order valence-electron chi connectivity index (χ0n) is 17.8. The van der Waals surface area contributed by atoms with Crippen LogP contribution >= 0.6 is 0 Å². The van der Waals surface area contributed by atoms with Gasteiger partial charge in [0.25, 0.3) is 5.92 Å². The summed E-state index contributed by atoms with van der Waals surface area (Å²) in [7, 11) is 0. The molecule has 178 valence electrons. The van der Waals surface area contributed by atoms with Crippen molar-refractivity contribution in [2.24, 2.45) is 0 Å². The van der Waals surface area contributed by atoms with Crippen LogP contribution in [0.15, 0.2) is 24.4 Å². The molecular weight excluding hydrogens is 449 g/mol. The third kappa shape index (κ3) is 4.56. The fourth-order valence-electron chi connectivity index (χ4n) is 4.07. The number of aromatic nitrogens is 2. The Hall–Kier alpha value is -3.02. The number of hydrogen-bond acceptors (Lipinski definition) is 6. The maximum atomic E-state index is 14.4. The third-order valence-corrected chi connectivity index (χ3v) is 5.71. The normalized spacial score (nSPS) is 21.3. The number of rotatable bonds is 4. The molecule has 2 N–H and O–H groups in total. The summed E-state index contributed by atoms with van der Waals surface area (Å²) < 4.78 is 74.5. The topological polar surface area (TPSA) is 79.4 Å². The molecule has 0 unspecified atom stereocenters. The van der Waals surface area contributed by atoms with Crippen LogP contribution in [0.2, 0.25) is 0 Å². The Kier molecular flexibility index (Phi) is 5.89. The van der Waals surface area contributed by atoms with Crippen LogP contribution in [0, 0.1) is 0 Å². The zero-order valence-corrected chi connectivity index (χ0v) is 17.8. The fourth-order valence-corrected chi connectivity index (χ4v) is 4.07. The van der Waals surface area contributed by atoms with Crippen molar-refractivity contribution in [3.8, 4) is 11.3 Å². The maximum absolute atomic E-state index is 14.4. The number of carbonyl (C=O) groups excluding carboxylic acids is 1. The number of alkyl halides is 5. The zero-order chi connectivity index (χ0) is 24.0. The number of hydrogen-bond donors (Lipinski definition) is 2. The smallest absolute Gasteiger partial charge is 0.430 e. The number of amides is 1. The Morgan fingerprint density at radius 3 is 2.67 bits per heavy atom. The Labute approximate surface area is 186 Å². The van der Waals surface area contributed by atoms with Crippen molar-refractivity contribution in [1.29, 1.82) is 0 Å². The molecule has 1 saturated heterocycles. The van der Waals surface area contributed by atoms with Crippen molar-refractivity contribution >= 4 is 17.7 Å². The van der Waals surface area contributed by atoms with Gasteiger partial charge in [0.15, 0.2) is 0 Å². The number of anilines is 2. The van der Waals surface area contributed by atoms with Crippen molar-refractivity contribution in [2.75, 3.05) is 29.9 Å². The Morgan fingerprint density at radius 1 is 1.24 bits per heavy atom. The standard InChI is InChI=1S/C21H22F5N5O2/c1-3-12-10-27-6-7-31(12)15-9-11(20(2,22)23)8-14(29-15)13-4-5-28-18-16(13)17(21(24,25)26)33-19(32)30-18/h4-5,8-9,12,17,27H,3,6-7,10H2,1-2H3,(H,28,30,32)/t12-,17+/m1/s1. The fraction of sp³-hybridized carbons (Fsp3) is 0.476. The van der Waals surface area contributed by atoms with E-state index in [4.69, 9.17) is 0 Å². The van der Waals surface area contributed by atoms with Gasteiger partial charge in [-0.05, 0) is 24.6 Å². The number of fused-ring (bicyclic) bond motifs is 1. The minimum Gasteiger partial charge on any atom is -0.431 e. The molecule has 0 aromatic carbocycles. The van der Waals surface area contributed by atoms with Crippen LogP contribution < -0.4 is 15.5 Å². The first-order chi connectivity index (χ1) is 15.5. The molecule has 0 spiro atoms. The summed E-state index contributed by atoms with van der Waals surface area (Å²) in [6.07, 6.45) is -6.94. The first kappa shape index (κ1) is 23.1. The van der Waals surface area contributed by atoms with Crippen LogP contribution in [-0.2, 0) is 10.7 Å². The summed E-state index contributed by atoms with van der Waals surface area (Å²) >= 11 is 0. The number of halogens is 5. The summed E-state index contributed by atoms with van der Waals surface area (Å²) in [6.45, 7) is 4.41. The van der Waals surface area contributed by atoms with Gasteiger partial charge in [0.05, 0.1) is 11.3 Å². The molecule has 4 rings (SSSR count). The van der Waals surface area contributed by atoms with Crippen LogP contribution in [0.3, 0.4) is 0 Å². The van der Waals surface area contributed by atoms with Gasteiger partial charge in [0.1, 0.15) is 11.6 Å². The average molecular weight is 471 g/mol. The molecular formula is C21H22F5N5O2. The van der Waals surface area contributed by atoms with Crippen LogP contribution in [0.25, 0.3) is 11.3 Å². The first-order valence-corrected chi connectivity index (χ1v) is 10.4. The number of nitrogens with one attached hydrogen (secondary N) is 2. The van der Waals surface area contributed by atoms with Gasteiger partial charge in [0, 0.05) is 49.9 Å². The molecule has 7 nitrogen and oxygen atoms in total. The highest BCUT2D eigenvalue weighted by molar-refractivity contribution is 5.89. The second-order valence-corrected chi connectivity index (χ2v) is 8.02. The highest BCUT2D eigenvalue weighted by Crippen LogP contribution is 2.46. The van der Waals surface area contributed by atoms with Crippen LogP contribution in [0.5, 0.6) is 0 Å². The molecule has 0 bridgehead atoms. The third-order valence-electron chi connectivity index (χ3n) is 5.71. The lowest BCUT2D eigenvalue weighted by molar-refractivity contribution is -0.206. The molecule has 0 radical (unpaired) electrons. The van der Waals surface area contributed by atoms with E-state index in [1.165, 1.54) is 18.3 Å². The van der Waals surface area contributed by atoms with Gasteiger partial charge in [-0.1, -0.05) is 6.92 Å². The molecule has 1 fully saturated rings. The maximum Gasteiger partial charge on any atom is 0.430 e. The Balaban J connectivity index is 1.91. The molecule has 2 aromatic rings. The lowest BCUT2D eigenvalue weighted by Gasteiger charge is -2.37. The second kappa shape index (κ2) is 8.40. The van der Waals surface area contributed by atoms with Crippen molar-refractivity contribution < 1.29 is 31.5 Å². The number of ether oxygens (including phenoxy) is 1. The quantitative estimate of drug-likeness (QED) is 0.635. The molecule has 2 aliphatic heterocycles. The van der Waals surface area contributed by atoms with Gasteiger partial charge in [-0.2, -0.15) is 13.2 Å². The van der Waals surface area contributed by atoms with Crippen molar-refractivity contribution in [3.63, 3.8) is 0 Å². The van der Waals surface area contributed by atoms with E-state index in [1.54, 1.807) is 0 Å². The number of cyclic esters (lactones) is 1. The van der Waals surface area contributed by atoms with Crippen molar-refractivity contribution in [1.82, 2.24) is 15.3 Å². The van der Waals surface area contributed by atoms with Gasteiger partial charge in [-0.15, -0.1) is 0 Å². The van der Waals surface area contributed by atoms with Crippen LogP contribution in [0.1, 0.15) is 37.5 Å². The van der Waals surface area contributed by atoms with Gasteiger partial charge in [-0.25, -0.2) is 23.5 Å². The summed E-state index contributed by atoms with van der Waals surface area (Å²) in [5.41, 5.74) is -1.05. The first-order valence-electron chi connectivity index (χ1n) is 10.4. The van der Waals surface area contributed by atoms with E-state index < -0.39 is 29.9 Å². The highest BCUT2D eigenvalue weighted by atomic mass is 19.4. The van der Waals surface area contributed by atoms with E-state index in [1.807, 2.05) is 11.8 Å². The molecule has 0 aliphatic carbocycles. The lowest BCUT2D eigenvalue weighted by atomic mass is 9.97. The van der Waals surface area contributed by atoms with Gasteiger partial charge in [0.2, 0.25) is 6.10 Å². The molecule has 2 aliphatic rings. The number of carbonyl (C=O) groups is 1. The van der Waals surface area contributed by atoms with E-state index in [0.29, 0.717) is 19.6 Å². The molecule has 2 aromatic heterocycles. The largest absolute Gasteiger partial charge is 0.431 e. The molecule has 4 heterocycles. The summed E-state index contributed by atoms with van der Waals surface area (Å²) in [6, 6.07) is 3.56. The monoisotopic (exact) mass is 471 g/mol. The lowest BCUT2D eigenvalue weighted by Crippen LogP contribution is -2.51. The predicted octanol–water partition coefficient (Wildman–Crippen LogP) is 4.61. The second-order valence-electron chi connectivity index (χ2n) is 8.02. The molecule has 2 atom stereocenters. The highest BCUT2D eigenvalue weighted by Gasteiger charge is 2.49. The minimum absolute atomic E-state index is 0.0169. The van der Waals surface area contributed by atoms with Crippen molar-refractivity contribution in [3.05, 3.63) is 35.5 Å². The van der Waals surface area contributed by atoms with E-state index in [2.05, 4.69) is 25.3 Å². The van der Waals surface area contributed by atoms with E-state index in [-0.39, 0.29) is 34.5 Å². The number of pyridine rings is 2. The summed E-state index contributed by atoms with van der Waals surface area (Å²) in [4.78, 5) is 21.8. The van der Waals surface area contributed by atoms with E-state index in [9.17, 15) is 26.7 Å². The molecule has 12 heteroatoms. The summed E-state index contributed by atoms with van der Waals surface area (Å²) in [5, 5.41) is 5.38. The van der Waals surface area contributed by atoms with Gasteiger partial charge >= 0.3 is 12.3 Å². The van der Waals surface area contributed by atoms with Gasteiger partial charge in [-0.3, -0.25) is 5.32 Å². The molecule has 33 heavy (non-hydrogen) atoms. The molecule has 1 amide bonds. The predicted molar refractivity (Wildman–Crippen MR) is 110 cm³/mol. The van der Waals surface area contributed by atoms with Crippen LogP contribution in [0.4, 0.5) is 38.4 Å². The Bertz CT molecular complexity index is 1060. The number of piperazine rings is 1. The Morgan fingerprint density at radius 2 is 2.00 bits per heavy atom. The van der Waals surface area contributed by atoms with Crippen molar-refractivity contribution in [2.45, 2.75) is 44.5 Å². The SMILES string of the molecule is CC[C@@H]1CNCCN1c1cc(C(C)(F)F)cc(-c2ccnc3c2[C@@H](C(F)(F)F)OC(=O)N3)n1. The van der Waals surface area contributed by atoms with E-state index in [0.717, 1.165) is 19.4 Å². The van der Waals surface area contributed by atoms with Crippen LogP contribution in [-0.4, -0.2) is 47.9 Å². The van der Waals surface area contributed by atoms with Gasteiger partial charge < -0.3 is 15.0 Å². The molecule has 0 saturated carbocycles. The average Bonchev–Trinajstić information content (AvgIpc) is 2.76. The van der Waals surface area contributed by atoms with E-state index >= 15 is 0 Å². The minimum atomic E-state index is -4.94. The number of nitrogens with zero attached hydrogens (tertiary/aromatic N) is 3.